The van der Waals surface area contributed by atoms with Gasteiger partial charge in [0.2, 0.25) is 0 Å². The van der Waals surface area contributed by atoms with E-state index in [0.29, 0.717) is 27.5 Å². The summed E-state index contributed by atoms with van der Waals surface area (Å²) in [5.41, 5.74) is 0.231. The number of fused-ring (bicyclic) bond motifs is 1. The highest BCUT2D eigenvalue weighted by Gasteiger charge is 2.52. The van der Waals surface area contributed by atoms with Gasteiger partial charge in [-0.15, -0.1) is 11.3 Å². The maximum Gasteiger partial charge on any atom is 0.416 e. The predicted octanol–water partition coefficient (Wildman–Crippen LogP) is 8.33. The number of rotatable bonds is 10. The lowest BCUT2D eigenvalue weighted by Crippen LogP contribution is -2.68. The quantitative estimate of drug-likeness (QED) is 0.145. The molecule has 2 aromatic heterocycles. The second kappa shape index (κ2) is 13.1. The van der Waals surface area contributed by atoms with E-state index in [0.717, 1.165) is 27.8 Å². The van der Waals surface area contributed by atoms with Crippen LogP contribution in [0.25, 0.3) is 16.0 Å². The Labute approximate surface area is 286 Å². The van der Waals surface area contributed by atoms with Crippen molar-refractivity contribution in [3.63, 3.8) is 0 Å². The molecule has 49 heavy (non-hydrogen) atoms. The molecule has 12 heteroatoms. The molecule has 0 atom stereocenters. The second-order valence-electron chi connectivity index (χ2n) is 12.4. The third kappa shape index (κ3) is 6.41. The van der Waals surface area contributed by atoms with Crippen LogP contribution in [-0.2, 0) is 12.8 Å². The first-order chi connectivity index (χ1) is 23.3. The standard InChI is InChI=1S/C37H33F3N2O5SSi/c1-36(2,3)49(25-14-7-5-8-15-25,26-16-9-6-10-17-26)47-31-20-29-28(19-30(31)45-4)41-23-42(29)33-21-32(34(48-33)35(43)44)46-22-24-13-11-12-18-27(24)37(38,39)40/h5-21,23H,22H2,1-4H3,(H,43,44). The van der Waals surface area contributed by atoms with Gasteiger partial charge in [-0.2, -0.15) is 13.2 Å². The molecular weight excluding hydrogens is 670 g/mol. The Morgan fingerprint density at radius 3 is 2.04 bits per heavy atom. The summed E-state index contributed by atoms with van der Waals surface area (Å²) in [6, 6.07) is 30.5. The summed E-state index contributed by atoms with van der Waals surface area (Å²) in [4.78, 5) is 16.7. The number of benzene rings is 4. The first-order valence-corrected chi connectivity index (χ1v) is 18.1. The Bertz CT molecular complexity index is 2070. The first kappa shape index (κ1) is 33.8. The van der Waals surface area contributed by atoms with Gasteiger partial charge in [-0.25, -0.2) is 9.78 Å². The summed E-state index contributed by atoms with van der Waals surface area (Å²) in [5, 5.41) is 12.2. The van der Waals surface area contributed by atoms with E-state index in [2.05, 4.69) is 50.0 Å². The SMILES string of the molecule is COc1cc2ncn(-c3cc(OCc4ccccc4C(F)(F)F)c(C(=O)O)s3)c2cc1O[Si](c1ccccc1)(c1ccccc1)C(C)(C)C. The Balaban J connectivity index is 1.45. The molecule has 0 unspecified atom stereocenters. The number of halogens is 3. The van der Waals surface area contributed by atoms with Gasteiger partial charge in [0.15, 0.2) is 10.6 Å². The van der Waals surface area contributed by atoms with Gasteiger partial charge in [0.25, 0.3) is 0 Å². The fourth-order valence-electron chi connectivity index (χ4n) is 6.06. The Hall–Kier alpha value is -5.07. The summed E-state index contributed by atoms with van der Waals surface area (Å²) in [7, 11) is -1.50. The van der Waals surface area contributed by atoms with Crippen LogP contribution < -0.4 is 24.3 Å². The van der Waals surface area contributed by atoms with Gasteiger partial charge in [-0.05, 0) is 21.5 Å². The number of hydrogen-bond donors (Lipinski definition) is 1. The van der Waals surface area contributed by atoms with Crippen molar-refractivity contribution < 1.29 is 37.0 Å². The summed E-state index contributed by atoms with van der Waals surface area (Å²) in [6.45, 7) is 6.04. The third-order valence-electron chi connectivity index (χ3n) is 8.34. The number of nitrogens with zero attached hydrogens (tertiary/aromatic N) is 2. The van der Waals surface area contributed by atoms with E-state index in [9.17, 15) is 23.1 Å². The molecule has 0 bridgehead atoms. The fourth-order valence-corrected chi connectivity index (χ4v) is 11.4. The highest BCUT2D eigenvalue weighted by molar-refractivity contribution is 7.16. The van der Waals surface area contributed by atoms with E-state index in [4.69, 9.17) is 13.9 Å². The van der Waals surface area contributed by atoms with Crippen LogP contribution in [0.5, 0.6) is 17.2 Å². The molecule has 2 heterocycles. The largest absolute Gasteiger partial charge is 0.531 e. The minimum atomic E-state index is -4.58. The van der Waals surface area contributed by atoms with E-state index < -0.39 is 32.6 Å². The number of methoxy groups -OCH3 is 1. The molecular formula is C37H33F3N2O5SSi. The van der Waals surface area contributed by atoms with Gasteiger partial charge in [-0.1, -0.05) is 99.6 Å². The number of aromatic carboxylic acids is 1. The average molecular weight is 703 g/mol. The Morgan fingerprint density at radius 2 is 1.47 bits per heavy atom. The zero-order valence-electron chi connectivity index (χ0n) is 27.1. The normalized spacial score (nSPS) is 12.2. The van der Waals surface area contributed by atoms with Crippen LogP contribution in [0.1, 0.15) is 41.6 Å². The molecule has 7 nitrogen and oxygen atoms in total. The van der Waals surface area contributed by atoms with Crippen molar-refractivity contribution in [1.29, 1.82) is 0 Å². The van der Waals surface area contributed by atoms with Gasteiger partial charge < -0.3 is 19.0 Å². The van der Waals surface area contributed by atoms with Crippen LogP contribution in [0, 0.1) is 0 Å². The topological polar surface area (TPSA) is 82.8 Å². The van der Waals surface area contributed by atoms with Crippen molar-refractivity contribution in [2.24, 2.45) is 0 Å². The van der Waals surface area contributed by atoms with E-state index in [1.165, 1.54) is 24.3 Å². The zero-order valence-corrected chi connectivity index (χ0v) is 28.9. The Morgan fingerprint density at radius 1 is 0.857 bits per heavy atom. The van der Waals surface area contributed by atoms with Crippen LogP contribution in [0.4, 0.5) is 13.2 Å². The van der Waals surface area contributed by atoms with Crippen molar-refractivity contribution in [2.75, 3.05) is 7.11 Å². The number of carboxylic acid groups (broad SMARTS) is 1. The highest BCUT2D eigenvalue weighted by Crippen LogP contribution is 2.43. The molecule has 6 aromatic rings. The lowest BCUT2D eigenvalue weighted by molar-refractivity contribution is -0.138. The van der Waals surface area contributed by atoms with Crippen LogP contribution in [0.2, 0.25) is 5.04 Å². The van der Waals surface area contributed by atoms with Crippen molar-refractivity contribution in [2.45, 2.75) is 38.6 Å². The minimum Gasteiger partial charge on any atom is -0.531 e. The molecule has 6 rings (SSSR count). The molecule has 252 valence electrons. The maximum absolute atomic E-state index is 13.6. The summed E-state index contributed by atoms with van der Waals surface area (Å²) in [5.74, 6) is -0.349. The third-order valence-corrected chi connectivity index (χ3v) is 14.4. The number of carboxylic acids is 1. The fraction of sp³-hybridized carbons (Fsp3) is 0.189. The lowest BCUT2D eigenvalue weighted by Gasteiger charge is -2.43. The molecule has 1 N–H and O–H groups in total. The first-order valence-electron chi connectivity index (χ1n) is 15.3. The van der Waals surface area contributed by atoms with Crippen molar-refractivity contribution in [3.8, 4) is 22.2 Å². The van der Waals surface area contributed by atoms with Gasteiger partial charge in [-0.3, -0.25) is 4.57 Å². The van der Waals surface area contributed by atoms with E-state index in [1.807, 2.05) is 42.5 Å². The lowest BCUT2D eigenvalue weighted by atomic mass is 10.1. The molecule has 0 aliphatic heterocycles. The molecule has 0 aliphatic rings. The second-order valence-corrected chi connectivity index (χ2v) is 17.7. The average Bonchev–Trinajstić information content (AvgIpc) is 3.69. The minimum absolute atomic E-state index is 0.0522. The van der Waals surface area contributed by atoms with Crippen molar-refractivity contribution in [1.82, 2.24) is 9.55 Å². The van der Waals surface area contributed by atoms with Crippen LogP contribution in [0.3, 0.4) is 0 Å². The number of alkyl halides is 3. The van der Waals surface area contributed by atoms with Crippen molar-refractivity contribution in [3.05, 3.63) is 125 Å². The Kier molecular flexibility index (Phi) is 9.03. The molecule has 0 saturated heterocycles. The highest BCUT2D eigenvalue weighted by atomic mass is 32.1. The summed E-state index contributed by atoms with van der Waals surface area (Å²) < 4.78 is 61.3. The molecule has 0 fully saturated rings. The van der Waals surface area contributed by atoms with Crippen LogP contribution in [0.15, 0.2) is 109 Å². The number of carbonyl (C=O) groups is 1. The number of hydrogen-bond acceptors (Lipinski definition) is 6. The van der Waals surface area contributed by atoms with Gasteiger partial charge in [0.1, 0.15) is 29.4 Å². The van der Waals surface area contributed by atoms with E-state index in [1.54, 1.807) is 24.1 Å². The van der Waals surface area contributed by atoms with Crippen molar-refractivity contribution >= 4 is 47.0 Å². The van der Waals surface area contributed by atoms with E-state index in [-0.39, 0.29) is 21.2 Å². The predicted molar refractivity (Wildman–Crippen MR) is 186 cm³/mol. The number of imidazole rings is 1. The van der Waals surface area contributed by atoms with Crippen LogP contribution in [-0.4, -0.2) is 36.1 Å². The van der Waals surface area contributed by atoms with Gasteiger partial charge >= 0.3 is 20.5 Å². The van der Waals surface area contributed by atoms with Gasteiger partial charge in [0, 0.05) is 23.8 Å². The number of ether oxygens (including phenoxy) is 2. The van der Waals surface area contributed by atoms with Crippen LogP contribution >= 0.6 is 11.3 Å². The zero-order chi connectivity index (χ0) is 35.0. The molecule has 0 amide bonds. The molecule has 4 aromatic carbocycles. The number of aromatic nitrogens is 2. The summed E-state index contributed by atoms with van der Waals surface area (Å²) in [6.07, 6.45) is -3.03. The number of thiophene rings is 1. The summed E-state index contributed by atoms with van der Waals surface area (Å²) >= 11 is 0.925. The maximum atomic E-state index is 13.6. The smallest absolute Gasteiger partial charge is 0.416 e. The molecule has 0 aliphatic carbocycles. The van der Waals surface area contributed by atoms with Gasteiger partial charge in [0.05, 0.1) is 23.7 Å². The molecule has 0 radical (unpaired) electrons. The van der Waals surface area contributed by atoms with E-state index >= 15 is 0 Å². The molecule has 0 spiro atoms. The monoisotopic (exact) mass is 702 g/mol. The molecule has 0 saturated carbocycles.